The molecule has 0 saturated heterocycles. The fourth-order valence-corrected chi connectivity index (χ4v) is 1.71. The van der Waals surface area contributed by atoms with Crippen LogP contribution in [0.4, 0.5) is 0 Å². The number of fused-ring (bicyclic) bond motifs is 1. The van der Waals surface area contributed by atoms with E-state index >= 15 is 0 Å². The Morgan fingerprint density at radius 1 is 1.50 bits per heavy atom. The summed E-state index contributed by atoms with van der Waals surface area (Å²) in [6.07, 6.45) is 4.94. The molecule has 0 aliphatic rings. The number of aromatic nitrogens is 2. The summed E-state index contributed by atoms with van der Waals surface area (Å²) >= 11 is 0. The first-order chi connectivity index (χ1) is 8.69. The zero-order valence-corrected chi connectivity index (χ0v) is 10.4. The molecule has 2 rings (SSSR count). The van der Waals surface area contributed by atoms with E-state index in [0.29, 0.717) is 11.5 Å². The average molecular weight is 245 g/mol. The van der Waals surface area contributed by atoms with Crippen molar-refractivity contribution < 1.29 is 9.47 Å². The lowest BCUT2D eigenvalue weighted by molar-refractivity contribution is 0.315. The van der Waals surface area contributed by atoms with Gasteiger partial charge in [0, 0.05) is 16.8 Å². The Hall–Kier alpha value is -2.43. The summed E-state index contributed by atoms with van der Waals surface area (Å²) in [5.74, 6) is 1.23. The number of ether oxygens (including phenoxy) is 2. The number of pyridine rings is 1. The zero-order valence-electron chi connectivity index (χ0n) is 10.4. The van der Waals surface area contributed by atoms with Crippen LogP contribution >= 0.6 is 0 Å². The van der Waals surface area contributed by atoms with E-state index in [4.69, 9.17) is 15.2 Å². The summed E-state index contributed by atoms with van der Waals surface area (Å²) in [5, 5.41) is 2.55. The molecule has 5 heteroatoms. The minimum atomic E-state index is 0.543. The lowest BCUT2D eigenvalue weighted by atomic mass is 10.2. The molecule has 94 valence electrons. The van der Waals surface area contributed by atoms with Crippen molar-refractivity contribution >= 4 is 23.3 Å². The lowest BCUT2D eigenvalue weighted by Crippen LogP contribution is -2.24. The molecule has 0 unspecified atom stereocenters. The first kappa shape index (κ1) is 12.0. The maximum Gasteiger partial charge on any atom is 0.138 e. The second-order valence-electron chi connectivity index (χ2n) is 3.71. The van der Waals surface area contributed by atoms with Crippen LogP contribution in [0.25, 0.3) is 23.3 Å². The molecule has 0 radical (unpaired) electrons. The quantitative estimate of drug-likeness (QED) is 0.758. The molecule has 0 aliphatic carbocycles. The number of rotatable bonds is 3. The first-order valence-electron chi connectivity index (χ1n) is 5.38. The highest BCUT2D eigenvalue weighted by molar-refractivity contribution is 5.79. The maximum atomic E-state index is 5.60. The molecule has 0 amide bonds. The molecule has 0 saturated carbocycles. The van der Waals surface area contributed by atoms with E-state index in [1.807, 2.05) is 6.07 Å². The molecular formula is C13H15N3O2. The Kier molecular flexibility index (Phi) is 3.23. The number of allylic oxidation sites excluding steroid dienone is 1. The predicted molar refractivity (Wildman–Crippen MR) is 71.2 cm³/mol. The van der Waals surface area contributed by atoms with Crippen LogP contribution in [-0.2, 0) is 4.74 Å². The van der Waals surface area contributed by atoms with Crippen molar-refractivity contribution in [1.82, 2.24) is 9.97 Å². The lowest BCUT2D eigenvalue weighted by Gasteiger charge is -1.98. The predicted octanol–water partition coefficient (Wildman–Crippen LogP) is 0.209. The van der Waals surface area contributed by atoms with Crippen LogP contribution in [0, 0.1) is 0 Å². The Morgan fingerprint density at radius 3 is 2.89 bits per heavy atom. The van der Waals surface area contributed by atoms with Gasteiger partial charge in [0.25, 0.3) is 0 Å². The van der Waals surface area contributed by atoms with E-state index < -0.39 is 0 Å². The average Bonchev–Trinajstić information content (AvgIpc) is 2.75. The van der Waals surface area contributed by atoms with Gasteiger partial charge in [0.1, 0.15) is 17.2 Å². The van der Waals surface area contributed by atoms with Gasteiger partial charge < -0.3 is 20.2 Å². The van der Waals surface area contributed by atoms with Crippen LogP contribution in [0.3, 0.4) is 0 Å². The number of nitrogens with zero attached hydrogens (tertiary/aromatic N) is 1. The fraction of sp³-hybridized carbons (Fsp3) is 0.154. The number of hydrogen-bond acceptors (Lipinski definition) is 4. The minimum absolute atomic E-state index is 0.543. The molecule has 0 aromatic carbocycles. The third-order valence-corrected chi connectivity index (χ3v) is 2.67. The second-order valence-corrected chi connectivity index (χ2v) is 3.71. The van der Waals surface area contributed by atoms with Crippen LogP contribution in [-0.4, -0.2) is 24.2 Å². The molecule has 5 nitrogen and oxygen atoms in total. The van der Waals surface area contributed by atoms with Crippen LogP contribution in [0.5, 0.6) is 5.75 Å². The third-order valence-electron chi connectivity index (χ3n) is 2.67. The Morgan fingerprint density at radius 2 is 2.28 bits per heavy atom. The number of methoxy groups -OCH3 is 2. The summed E-state index contributed by atoms with van der Waals surface area (Å²) in [6, 6.07) is 1.89. The summed E-state index contributed by atoms with van der Waals surface area (Å²) in [5.41, 5.74) is 6.34. The Balaban J connectivity index is 2.83. The van der Waals surface area contributed by atoms with Crippen LogP contribution in [0.1, 0.15) is 0 Å². The number of aromatic amines is 1. The molecule has 2 aromatic heterocycles. The van der Waals surface area contributed by atoms with E-state index in [1.54, 1.807) is 26.5 Å². The Bertz CT molecular complexity index is 701. The van der Waals surface area contributed by atoms with Crippen LogP contribution < -0.4 is 21.0 Å². The van der Waals surface area contributed by atoms with Gasteiger partial charge in [-0.05, 0) is 12.1 Å². The molecule has 0 bridgehead atoms. The Labute approximate surface area is 104 Å². The van der Waals surface area contributed by atoms with E-state index in [-0.39, 0.29) is 0 Å². The van der Waals surface area contributed by atoms with Gasteiger partial charge >= 0.3 is 0 Å². The molecule has 2 heterocycles. The summed E-state index contributed by atoms with van der Waals surface area (Å²) < 4.78 is 10.2. The molecule has 0 aliphatic heterocycles. The van der Waals surface area contributed by atoms with Gasteiger partial charge in [-0.1, -0.05) is 6.58 Å². The highest BCUT2D eigenvalue weighted by Gasteiger charge is 2.04. The van der Waals surface area contributed by atoms with Crippen molar-refractivity contribution in [3.8, 4) is 5.75 Å². The summed E-state index contributed by atoms with van der Waals surface area (Å²) in [7, 11) is 3.17. The fourth-order valence-electron chi connectivity index (χ4n) is 1.71. The maximum absolute atomic E-state index is 5.60. The SMILES string of the molecule is C=C(/C=c1\c(=C/N)[nH]c2ncc(OC)cc12)OC. The molecule has 0 atom stereocenters. The van der Waals surface area contributed by atoms with Gasteiger partial charge in [-0.25, -0.2) is 4.98 Å². The van der Waals surface area contributed by atoms with Gasteiger partial charge in [0.05, 0.1) is 25.8 Å². The highest BCUT2D eigenvalue weighted by atomic mass is 16.5. The highest BCUT2D eigenvalue weighted by Crippen LogP contribution is 2.12. The van der Waals surface area contributed by atoms with E-state index in [1.165, 1.54) is 6.20 Å². The van der Waals surface area contributed by atoms with Crippen LogP contribution in [0.15, 0.2) is 24.6 Å². The van der Waals surface area contributed by atoms with Gasteiger partial charge in [0.2, 0.25) is 0 Å². The molecule has 18 heavy (non-hydrogen) atoms. The van der Waals surface area contributed by atoms with E-state index in [2.05, 4.69) is 16.5 Å². The summed E-state index contributed by atoms with van der Waals surface area (Å²) in [6.45, 7) is 3.77. The van der Waals surface area contributed by atoms with E-state index in [9.17, 15) is 0 Å². The van der Waals surface area contributed by atoms with Gasteiger partial charge in [0.15, 0.2) is 0 Å². The third kappa shape index (κ3) is 2.02. The molecule has 0 spiro atoms. The number of nitrogens with one attached hydrogen (secondary N) is 1. The van der Waals surface area contributed by atoms with Gasteiger partial charge in [-0.2, -0.15) is 0 Å². The van der Waals surface area contributed by atoms with Crippen molar-refractivity contribution in [2.75, 3.05) is 14.2 Å². The molecule has 3 N–H and O–H groups in total. The van der Waals surface area contributed by atoms with Crippen LogP contribution in [0.2, 0.25) is 0 Å². The number of hydrogen-bond donors (Lipinski definition) is 2. The first-order valence-corrected chi connectivity index (χ1v) is 5.38. The van der Waals surface area contributed by atoms with Crippen molar-refractivity contribution in [2.24, 2.45) is 5.73 Å². The monoisotopic (exact) mass is 245 g/mol. The van der Waals surface area contributed by atoms with Crippen molar-refractivity contribution in [3.05, 3.63) is 35.2 Å². The standard InChI is InChI=1S/C13H15N3O2/c1-8(17-2)4-10-11-5-9(18-3)7-15-13(11)16-12(10)6-14/h4-7H,1,14H2,2-3H3,(H,15,16)/b10-4-,12-6+. The van der Waals surface area contributed by atoms with Crippen molar-refractivity contribution in [3.63, 3.8) is 0 Å². The van der Waals surface area contributed by atoms with E-state index in [0.717, 1.165) is 21.6 Å². The second kappa shape index (κ2) is 4.83. The molecule has 2 aromatic rings. The smallest absolute Gasteiger partial charge is 0.138 e. The topological polar surface area (TPSA) is 73.2 Å². The number of nitrogens with two attached hydrogens (primary N) is 1. The summed E-state index contributed by atoms with van der Waals surface area (Å²) in [4.78, 5) is 7.39. The van der Waals surface area contributed by atoms with Crippen molar-refractivity contribution in [2.45, 2.75) is 0 Å². The van der Waals surface area contributed by atoms with Gasteiger partial charge in [-0.3, -0.25) is 0 Å². The zero-order chi connectivity index (χ0) is 13.1. The largest absolute Gasteiger partial charge is 0.497 e. The minimum Gasteiger partial charge on any atom is -0.497 e. The number of H-pyrrole nitrogens is 1. The van der Waals surface area contributed by atoms with Crippen molar-refractivity contribution in [1.29, 1.82) is 0 Å². The van der Waals surface area contributed by atoms with Gasteiger partial charge in [-0.15, -0.1) is 0 Å². The normalized spacial score (nSPS) is 13.0. The molecule has 0 fully saturated rings. The molecular weight excluding hydrogens is 230 g/mol.